The Hall–Kier alpha value is -5.22. The number of nitrogens with zero attached hydrogens (tertiary/aromatic N) is 5. The molecule has 0 radical (unpaired) electrons. The number of carbonyl (C=O) groups excluding carboxylic acids is 1. The molecule has 1 amide bonds. The maximum absolute atomic E-state index is 12.6. The van der Waals surface area contributed by atoms with Gasteiger partial charge in [-0.3, -0.25) is 24.8 Å². The summed E-state index contributed by atoms with van der Waals surface area (Å²) in [5, 5.41) is 11.4. The topological polar surface area (TPSA) is 125 Å². The number of amides is 1. The van der Waals surface area contributed by atoms with E-state index < -0.39 is 0 Å². The molecule has 1 aromatic carbocycles. The number of anilines is 1. The lowest BCUT2D eigenvalue weighted by atomic mass is 10.1. The first kappa shape index (κ1) is 23.9. The van der Waals surface area contributed by atoms with E-state index in [4.69, 9.17) is 4.98 Å². The number of H-pyrrole nitrogens is 2. The third kappa shape index (κ3) is 4.50. The molecule has 0 bridgehead atoms. The van der Waals surface area contributed by atoms with Gasteiger partial charge in [-0.1, -0.05) is 30.3 Å². The molecule has 7 rings (SSSR count). The smallest absolute Gasteiger partial charge is 0.228 e. The Morgan fingerprint density at radius 1 is 0.950 bits per heavy atom. The van der Waals surface area contributed by atoms with Gasteiger partial charge in [-0.2, -0.15) is 5.10 Å². The third-order valence-electron chi connectivity index (χ3n) is 6.60. The summed E-state index contributed by atoms with van der Waals surface area (Å²) in [7, 11) is 0. The Labute approximate surface area is 232 Å². The van der Waals surface area contributed by atoms with Gasteiger partial charge in [-0.05, 0) is 36.8 Å². The number of thiophene rings is 1. The van der Waals surface area contributed by atoms with E-state index in [1.165, 1.54) is 4.88 Å². The zero-order valence-corrected chi connectivity index (χ0v) is 22.2. The lowest BCUT2D eigenvalue weighted by Crippen LogP contribution is -2.14. The quantitative estimate of drug-likeness (QED) is 0.231. The molecular weight excluding hydrogens is 520 g/mol. The van der Waals surface area contributed by atoms with Gasteiger partial charge < -0.3 is 10.3 Å². The molecule has 6 aromatic heterocycles. The molecule has 0 atom stereocenters. The van der Waals surface area contributed by atoms with Gasteiger partial charge in [-0.15, -0.1) is 11.3 Å². The normalized spacial score (nSPS) is 11.3. The molecule has 3 N–H and O–H groups in total. The van der Waals surface area contributed by atoms with Crippen LogP contribution in [0.15, 0.2) is 85.6 Å². The van der Waals surface area contributed by atoms with Crippen LogP contribution in [-0.4, -0.2) is 41.0 Å². The van der Waals surface area contributed by atoms with Crippen molar-refractivity contribution in [2.24, 2.45) is 0 Å². The summed E-state index contributed by atoms with van der Waals surface area (Å²) in [5.74, 6) is 0.531. The SMILES string of the molecule is Cc1ccc(-c2cncc3[nH]c(-c4n[nH]c5cnc(-c6cncc(NC(=O)Cc7ccccc7)c6)cc45)nc23)s1. The molecule has 0 fully saturated rings. The fourth-order valence-corrected chi connectivity index (χ4v) is 5.57. The number of benzene rings is 1. The van der Waals surface area contributed by atoms with Crippen molar-refractivity contribution in [1.82, 2.24) is 35.1 Å². The molecule has 40 heavy (non-hydrogen) atoms. The minimum absolute atomic E-state index is 0.109. The van der Waals surface area contributed by atoms with Crippen molar-refractivity contribution in [3.8, 4) is 33.2 Å². The average Bonchev–Trinajstić information content (AvgIpc) is 3.71. The van der Waals surface area contributed by atoms with E-state index in [-0.39, 0.29) is 12.3 Å². The summed E-state index contributed by atoms with van der Waals surface area (Å²) < 4.78 is 0. The van der Waals surface area contributed by atoms with Gasteiger partial charge >= 0.3 is 0 Å². The predicted molar refractivity (Wildman–Crippen MR) is 157 cm³/mol. The number of aromatic nitrogens is 7. The first-order valence-corrected chi connectivity index (χ1v) is 13.5. The van der Waals surface area contributed by atoms with Crippen LogP contribution in [0, 0.1) is 6.92 Å². The molecule has 10 heteroatoms. The van der Waals surface area contributed by atoms with Crippen LogP contribution >= 0.6 is 11.3 Å². The number of imidazole rings is 1. The maximum Gasteiger partial charge on any atom is 0.228 e. The van der Waals surface area contributed by atoms with Crippen molar-refractivity contribution in [2.45, 2.75) is 13.3 Å². The Morgan fingerprint density at radius 3 is 2.67 bits per heavy atom. The number of pyridine rings is 3. The number of fused-ring (bicyclic) bond motifs is 2. The summed E-state index contributed by atoms with van der Waals surface area (Å²) in [5.41, 5.74) is 7.17. The highest BCUT2D eigenvalue weighted by Crippen LogP contribution is 2.34. The van der Waals surface area contributed by atoms with Crippen LogP contribution in [0.5, 0.6) is 0 Å². The molecule has 6 heterocycles. The highest BCUT2D eigenvalue weighted by Gasteiger charge is 2.17. The van der Waals surface area contributed by atoms with Gasteiger partial charge in [0.2, 0.25) is 5.91 Å². The van der Waals surface area contributed by atoms with Crippen molar-refractivity contribution in [2.75, 3.05) is 5.32 Å². The number of rotatable bonds is 6. The lowest BCUT2D eigenvalue weighted by molar-refractivity contribution is -0.115. The van der Waals surface area contributed by atoms with Crippen molar-refractivity contribution < 1.29 is 4.79 Å². The van der Waals surface area contributed by atoms with Gasteiger partial charge in [0, 0.05) is 38.7 Å². The molecule has 0 aliphatic rings. The number of aryl methyl sites for hydroxylation is 1. The third-order valence-corrected chi connectivity index (χ3v) is 7.63. The summed E-state index contributed by atoms with van der Waals surface area (Å²) in [4.78, 5) is 36.6. The zero-order chi connectivity index (χ0) is 27.1. The highest BCUT2D eigenvalue weighted by atomic mass is 32.1. The Balaban J connectivity index is 1.21. The van der Waals surface area contributed by atoms with Crippen LogP contribution in [0.1, 0.15) is 10.4 Å². The van der Waals surface area contributed by atoms with Crippen molar-refractivity contribution in [1.29, 1.82) is 0 Å². The number of hydrogen-bond donors (Lipinski definition) is 3. The molecule has 0 saturated carbocycles. The molecule has 194 valence electrons. The van der Waals surface area contributed by atoms with Gasteiger partial charge in [0.25, 0.3) is 0 Å². The second kappa shape index (κ2) is 9.83. The van der Waals surface area contributed by atoms with Crippen LogP contribution in [0.2, 0.25) is 0 Å². The van der Waals surface area contributed by atoms with Gasteiger partial charge in [-0.25, -0.2) is 4.98 Å². The number of aromatic amines is 2. The number of nitrogens with one attached hydrogen (secondary N) is 3. The van der Waals surface area contributed by atoms with Gasteiger partial charge in [0.15, 0.2) is 5.82 Å². The first-order chi connectivity index (χ1) is 19.6. The lowest BCUT2D eigenvalue weighted by Gasteiger charge is -2.07. The van der Waals surface area contributed by atoms with Crippen LogP contribution < -0.4 is 5.32 Å². The van der Waals surface area contributed by atoms with E-state index >= 15 is 0 Å². The Morgan fingerprint density at radius 2 is 1.82 bits per heavy atom. The van der Waals surface area contributed by atoms with Crippen LogP contribution in [0.3, 0.4) is 0 Å². The van der Waals surface area contributed by atoms with Gasteiger partial charge in [0.1, 0.15) is 11.2 Å². The second-order valence-corrected chi connectivity index (χ2v) is 10.7. The molecule has 0 saturated heterocycles. The van der Waals surface area contributed by atoms with E-state index in [9.17, 15) is 4.79 Å². The second-order valence-electron chi connectivity index (χ2n) is 9.44. The summed E-state index contributed by atoms with van der Waals surface area (Å²) in [6.07, 6.45) is 9.01. The Bertz CT molecular complexity index is 2010. The standard InChI is InChI=1S/C30H22N8OS/c1-17-7-8-26(40-17)22-14-32-15-25-28(22)36-30(35-25)29-21-11-23(33-16-24(21)37-38-29)19-10-20(13-31-12-19)34-27(39)9-18-5-3-2-4-6-18/h2-8,10-16H,9H2,1H3,(H,34,39)(H,35,36)(H,37,38). The van der Waals surface area contributed by atoms with E-state index in [0.717, 1.165) is 43.5 Å². The summed E-state index contributed by atoms with van der Waals surface area (Å²) >= 11 is 1.71. The zero-order valence-electron chi connectivity index (χ0n) is 21.3. The number of carbonyl (C=O) groups is 1. The first-order valence-electron chi connectivity index (χ1n) is 12.6. The van der Waals surface area contributed by atoms with Crippen molar-refractivity contribution in [3.63, 3.8) is 0 Å². The molecule has 9 nitrogen and oxygen atoms in total. The molecular formula is C30H22N8OS. The van der Waals surface area contributed by atoms with Crippen LogP contribution in [-0.2, 0) is 11.2 Å². The highest BCUT2D eigenvalue weighted by molar-refractivity contribution is 7.15. The van der Waals surface area contributed by atoms with Crippen molar-refractivity contribution in [3.05, 3.63) is 96.0 Å². The predicted octanol–water partition coefficient (Wildman–Crippen LogP) is 6.18. The Kier molecular flexibility index (Phi) is 5.86. The fourth-order valence-electron chi connectivity index (χ4n) is 4.69. The monoisotopic (exact) mass is 542 g/mol. The largest absolute Gasteiger partial charge is 0.335 e. The minimum Gasteiger partial charge on any atom is -0.335 e. The maximum atomic E-state index is 12.6. The minimum atomic E-state index is -0.109. The van der Waals surface area contributed by atoms with E-state index in [1.807, 2.05) is 48.7 Å². The number of hydrogen-bond acceptors (Lipinski definition) is 7. The molecule has 0 unspecified atom stereocenters. The van der Waals surface area contributed by atoms with Gasteiger partial charge in [0.05, 0.1) is 47.4 Å². The summed E-state index contributed by atoms with van der Waals surface area (Å²) in [6.45, 7) is 2.09. The molecule has 0 spiro atoms. The molecule has 0 aliphatic carbocycles. The molecule has 7 aromatic rings. The van der Waals surface area contributed by atoms with E-state index in [2.05, 4.69) is 54.5 Å². The summed E-state index contributed by atoms with van der Waals surface area (Å²) in [6, 6.07) is 17.6. The van der Waals surface area contributed by atoms with E-state index in [0.29, 0.717) is 22.9 Å². The van der Waals surface area contributed by atoms with Crippen LogP contribution in [0.25, 0.3) is 55.2 Å². The van der Waals surface area contributed by atoms with E-state index in [1.54, 1.807) is 36.1 Å². The van der Waals surface area contributed by atoms with Crippen LogP contribution in [0.4, 0.5) is 5.69 Å². The van der Waals surface area contributed by atoms with Crippen molar-refractivity contribution >= 4 is 44.9 Å². The fraction of sp³-hybridized carbons (Fsp3) is 0.0667. The average molecular weight is 543 g/mol. The molecule has 0 aliphatic heterocycles.